The normalized spacial score (nSPS) is 10.5. The van der Waals surface area contributed by atoms with Crippen molar-refractivity contribution in [3.05, 3.63) is 54.1 Å². The zero-order valence-electron chi connectivity index (χ0n) is 16.0. The van der Waals surface area contributed by atoms with Crippen molar-refractivity contribution in [2.75, 3.05) is 28.7 Å². The molecule has 6 heteroatoms. The standard InChI is InChI=1S/C21H26N2O3S/c1-15(2)12-26-19-7-5-4-6-18(19)23-21(25)14-27-13-20(24)22-17-10-8-16(3)9-11-17/h4-11,15H,12-14H2,1-3H3,(H,22,24)(H,23,25). The number of thioether (sulfide) groups is 1. The van der Waals surface area contributed by atoms with Gasteiger partial charge in [-0.1, -0.05) is 43.7 Å². The summed E-state index contributed by atoms with van der Waals surface area (Å²) in [6.45, 7) is 6.71. The monoisotopic (exact) mass is 386 g/mol. The zero-order chi connectivity index (χ0) is 19.6. The average molecular weight is 387 g/mol. The minimum absolute atomic E-state index is 0.127. The van der Waals surface area contributed by atoms with Gasteiger partial charge in [-0.15, -0.1) is 11.8 Å². The second kappa shape index (κ2) is 10.6. The molecule has 0 spiro atoms. The van der Waals surface area contributed by atoms with Gasteiger partial charge in [0.05, 0.1) is 23.8 Å². The topological polar surface area (TPSA) is 67.4 Å². The number of para-hydroxylation sites is 2. The van der Waals surface area contributed by atoms with Crippen molar-refractivity contribution in [3.8, 4) is 5.75 Å². The van der Waals surface area contributed by atoms with E-state index in [2.05, 4.69) is 24.5 Å². The fraction of sp³-hybridized carbons (Fsp3) is 0.333. The maximum absolute atomic E-state index is 12.2. The summed E-state index contributed by atoms with van der Waals surface area (Å²) in [4.78, 5) is 24.1. The Bertz CT molecular complexity index is 760. The molecule has 0 unspecified atom stereocenters. The first-order valence-electron chi connectivity index (χ1n) is 8.90. The smallest absolute Gasteiger partial charge is 0.234 e. The van der Waals surface area contributed by atoms with Crippen molar-refractivity contribution in [2.45, 2.75) is 20.8 Å². The van der Waals surface area contributed by atoms with E-state index in [1.165, 1.54) is 11.8 Å². The van der Waals surface area contributed by atoms with Crippen molar-refractivity contribution in [3.63, 3.8) is 0 Å². The molecule has 0 heterocycles. The Morgan fingerprint density at radius 3 is 2.26 bits per heavy atom. The molecule has 2 N–H and O–H groups in total. The summed E-state index contributed by atoms with van der Waals surface area (Å²) in [6, 6.07) is 15.0. The number of benzene rings is 2. The number of carbonyl (C=O) groups excluding carboxylic acids is 2. The summed E-state index contributed by atoms with van der Waals surface area (Å²) in [5.41, 5.74) is 2.54. The van der Waals surface area contributed by atoms with E-state index in [0.29, 0.717) is 24.0 Å². The van der Waals surface area contributed by atoms with E-state index in [1.54, 1.807) is 0 Å². The third-order valence-electron chi connectivity index (χ3n) is 3.53. The zero-order valence-corrected chi connectivity index (χ0v) is 16.8. The highest BCUT2D eigenvalue weighted by molar-refractivity contribution is 8.00. The van der Waals surface area contributed by atoms with Crippen molar-refractivity contribution < 1.29 is 14.3 Å². The van der Waals surface area contributed by atoms with E-state index < -0.39 is 0 Å². The predicted molar refractivity (Wildman–Crippen MR) is 113 cm³/mol. The van der Waals surface area contributed by atoms with E-state index in [9.17, 15) is 9.59 Å². The summed E-state index contributed by atoms with van der Waals surface area (Å²) in [5.74, 6) is 1.17. The Balaban J connectivity index is 1.76. The molecule has 0 saturated heterocycles. The van der Waals surface area contributed by atoms with Crippen LogP contribution >= 0.6 is 11.8 Å². The number of anilines is 2. The van der Waals surface area contributed by atoms with Gasteiger partial charge in [-0.25, -0.2) is 0 Å². The van der Waals surface area contributed by atoms with Gasteiger partial charge in [0.1, 0.15) is 5.75 Å². The fourth-order valence-corrected chi connectivity index (χ4v) is 2.83. The van der Waals surface area contributed by atoms with Crippen LogP contribution in [0.15, 0.2) is 48.5 Å². The van der Waals surface area contributed by atoms with Crippen LogP contribution in [0.3, 0.4) is 0 Å². The van der Waals surface area contributed by atoms with Crippen molar-refractivity contribution in [1.82, 2.24) is 0 Å². The minimum atomic E-state index is -0.163. The number of hydrogen-bond acceptors (Lipinski definition) is 4. The van der Waals surface area contributed by atoms with Crippen LogP contribution < -0.4 is 15.4 Å². The number of aryl methyl sites for hydroxylation is 1. The molecule has 0 aliphatic rings. The van der Waals surface area contributed by atoms with Gasteiger partial charge in [0, 0.05) is 5.69 Å². The molecule has 0 radical (unpaired) electrons. The van der Waals surface area contributed by atoms with Gasteiger partial charge in [-0.3, -0.25) is 9.59 Å². The van der Waals surface area contributed by atoms with Gasteiger partial charge in [0.15, 0.2) is 0 Å². The third-order valence-corrected chi connectivity index (χ3v) is 4.47. The summed E-state index contributed by atoms with van der Waals surface area (Å²) in [7, 11) is 0. The molecule has 2 rings (SSSR count). The Labute approximate surface area is 164 Å². The molecule has 2 aromatic rings. The molecule has 0 fully saturated rings. The van der Waals surface area contributed by atoms with Crippen molar-refractivity contribution in [1.29, 1.82) is 0 Å². The van der Waals surface area contributed by atoms with Crippen LogP contribution in [-0.2, 0) is 9.59 Å². The van der Waals surface area contributed by atoms with Gasteiger partial charge in [0.25, 0.3) is 0 Å². The van der Waals surface area contributed by atoms with Crippen LogP contribution in [0.2, 0.25) is 0 Å². The van der Waals surface area contributed by atoms with Crippen LogP contribution in [0.25, 0.3) is 0 Å². The second-order valence-electron chi connectivity index (χ2n) is 6.66. The van der Waals surface area contributed by atoms with Crippen molar-refractivity contribution in [2.24, 2.45) is 5.92 Å². The quantitative estimate of drug-likeness (QED) is 0.673. The number of hydrogen-bond donors (Lipinski definition) is 2. The average Bonchev–Trinajstić information content (AvgIpc) is 2.63. The van der Waals surface area contributed by atoms with Crippen LogP contribution in [0.1, 0.15) is 19.4 Å². The molecule has 0 aliphatic carbocycles. The third kappa shape index (κ3) is 7.74. The first-order valence-corrected chi connectivity index (χ1v) is 10.1. The van der Waals surface area contributed by atoms with E-state index in [1.807, 2.05) is 55.5 Å². The lowest BCUT2D eigenvalue weighted by molar-refractivity contribution is -0.114. The molecule has 5 nitrogen and oxygen atoms in total. The van der Waals surface area contributed by atoms with Gasteiger partial charge >= 0.3 is 0 Å². The van der Waals surface area contributed by atoms with E-state index >= 15 is 0 Å². The number of carbonyl (C=O) groups is 2. The number of nitrogens with one attached hydrogen (secondary N) is 2. The van der Waals surface area contributed by atoms with E-state index in [0.717, 1.165) is 11.3 Å². The van der Waals surface area contributed by atoms with E-state index in [-0.39, 0.29) is 23.3 Å². The minimum Gasteiger partial charge on any atom is -0.491 e. The Kier molecular flexibility index (Phi) is 8.20. The number of amides is 2. The summed E-state index contributed by atoms with van der Waals surface area (Å²) >= 11 is 1.27. The molecule has 144 valence electrons. The number of ether oxygens (including phenoxy) is 1. The maximum atomic E-state index is 12.2. The fourth-order valence-electron chi connectivity index (χ4n) is 2.21. The molecular formula is C21H26N2O3S. The van der Waals surface area contributed by atoms with Gasteiger partial charge in [-0.2, -0.15) is 0 Å². The van der Waals surface area contributed by atoms with Crippen LogP contribution in [0.4, 0.5) is 11.4 Å². The predicted octanol–water partition coefficient (Wildman–Crippen LogP) is 4.34. The highest BCUT2D eigenvalue weighted by Gasteiger charge is 2.10. The van der Waals surface area contributed by atoms with Gasteiger partial charge < -0.3 is 15.4 Å². The largest absolute Gasteiger partial charge is 0.491 e. The summed E-state index contributed by atoms with van der Waals surface area (Å²) in [6.07, 6.45) is 0. The van der Waals surface area contributed by atoms with Crippen LogP contribution in [0, 0.1) is 12.8 Å². The van der Waals surface area contributed by atoms with Crippen LogP contribution in [0.5, 0.6) is 5.75 Å². The Morgan fingerprint density at radius 1 is 0.963 bits per heavy atom. The Morgan fingerprint density at radius 2 is 1.59 bits per heavy atom. The molecule has 2 aromatic carbocycles. The van der Waals surface area contributed by atoms with Crippen LogP contribution in [-0.4, -0.2) is 29.9 Å². The molecule has 0 atom stereocenters. The molecule has 0 bridgehead atoms. The van der Waals surface area contributed by atoms with Gasteiger partial charge in [-0.05, 0) is 37.1 Å². The molecular weight excluding hydrogens is 360 g/mol. The lowest BCUT2D eigenvalue weighted by Crippen LogP contribution is -2.19. The first kappa shape index (κ1) is 20.8. The molecule has 0 aliphatic heterocycles. The van der Waals surface area contributed by atoms with E-state index in [4.69, 9.17) is 4.74 Å². The number of rotatable bonds is 9. The highest BCUT2D eigenvalue weighted by atomic mass is 32.2. The maximum Gasteiger partial charge on any atom is 0.234 e. The first-order chi connectivity index (χ1) is 12.9. The Hall–Kier alpha value is -2.47. The lowest BCUT2D eigenvalue weighted by atomic mass is 10.2. The van der Waals surface area contributed by atoms with Crippen molar-refractivity contribution >= 4 is 35.0 Å². The summed E-state index contributed by atoms with van der Waals surface area (Å²) < 4.78 is 5.73. The summed E-state index contributed by atoms with van der Waals surface area (Å²) in [5, 5.41) is 5.66. The molecule has 0 saturated carbocycles. The highest BCUT2D eigenvalue weighted by Crippen LogP contribution is 2.24. The molecule has 0 aromatic heterocycles. The second-order valence-corrected chi connectivity index (χ2v) is 7.64. The lowest BCUT2D eigenvalue weighted by Gasteiger charge is -2.13. The van der Waals surface area contributed by atoms with Gasteiger partial charge in [0.2, 0.25) is 11.8 Å². The molecule has 27 heavy (non-hydrogen) atoms. The molecule has 2 amide bonds. The SMILES string of the molecule is Cc1ccc(NC(=O)CSCC(=O)Nc2ccccc2OCC(C)C)cc1.